The summed E-state index contributed by atoms with van der Waals surface area (Å²) in [5.41, 5.74) is 2.67. The van der Waals surface area contributed by atoms with Crippen molar-refractivity contribution in [2.24, 2.45) is 0 Å². The number of aromatic nitrogens is 3. The normalized spacial score (nSPS) is 11.6. The molecule has 0 fully saturated rings. The number of fused-ring (bicyclic) bond motifs is 1. The summed E-state index contributed by atoms with van der Waals surface area (Å²) in [6, 6.07) is 21.5. The molecule has 2 heterocycles. The van der Waals surface area contributed by atoms with Gasteiger partial charge in [0.15, 0.2) is 5.65 Å². The standard InChI is InChI=1S/C31H26F3N5OS/c1-18(2)25-13-12-24-28(38-25)35-17-36-29(24)39-26-16-22(9-14-27(26)41-23-10-7-19(3)8-11-23)37-30(40)20-5-4-6-21(15-20)31(32,33)34/h4-18H,1-3H3,(H,37,40)(H,35,36,38,39). The van der Waals surface area contributed by atoms with Gasteiger partial charge < -0.3 is 10.6 Å². The van der Waals surface area contributed by atoms with Crippen LogP contribution >= 0.6 is 11.8 Å². The third-order valence-electron chi connectivity index (χ3n) is 6.30. The number of aryl methyl sites for hydroxylation is 1. The summed E-state index contributed by atoms with van der Waals surface area (Å²) in [5.74, 6) is 0.115. The molecule has 5 rings (SSSR count). The highest BCUT2D eigenvalue weighted by atomic mass is 32.2. The summed E-state index contributed by atoms with van der Waals surface area (Å²) < 4.78 is 39.5. The maximum absolute atomic E-state index is 13.2. The first kappa shape index (κ1) is 28.1. The van der Waals surface area contributed by atoms with Gasteiger partial charge in [0, 0.05) is 26.7 Å². The first-order chi connectivity index (χ1) is 19.6. The molecule has 0 aliphatic carbocycles. The highest BCUT2D eigenvalue weighted by Gasteiger charge is 2.31. The van der Waals surface area contributed by atoms with Crippen LogP contribution in [0.15, 0.2) is 95.0 Å². The van der Waals surface area contributed by atoms with Crippen molar-refractivity contribution in [3.05, 3.63) is 108 Å². The minimum Gasteiger partial charge on any atom is -0.339 e. The number of carbonyl (C=O) groups excluding carboxylic acids is 1. The van der Waals surface area contributed by atoms with Crippen molar-refractivity contribution in [2.75, 3.05) is 10.6 Å². The van der Waals surface area contributed by atoms with Gasteiger partial charge in [0.05, 0.1) is 16.6 Å². The minimum absolute atomic E-state index is 0.0960. The summed E-state index contributed by atoms with van der Waals surface area (Å²) in [5, 5.41) is 6.81. The Hall–Kier alpha value is -4.44. The molecule has 2 aromatic heterocycles. The average Bonchev–Trinajstić information content (AvgIpc) is 2.95. The Balaban J connectivity index is 1.50. The molecule has 2 N–H and O–H groups in total. The second kappa shape index (κ2) is 11.6. The van der Waals surface area contributed by atoms with E-state index in [9.17, 15) is 18.0 Å². The Morgan fingerprint density at radius 1 is 0.927 bits per heavy atom. The molecule has 0 aliphatic heterocycles. The zero-order valence-electron chi connectivity index (χ0n) is 22.5. The smallest absolute Gasteiger partial charge is 0.339 e. The highest BCUT2D eigenvalue weighted by Crippen LogP contribution is 2.38. The fourth-order valence-corrected chi connectivity index (χ4v) is 4.96. The molecule has 1 amide bonds. The second-order valence-corrected chi connectivity index (χ2v) is 10.9. The second-order valence-electron chi connectivity index (χ2n) is 9.77. The third-order valence-corrected chi connectivity index (χ3v) is 7.39. The van der Waals surface area contributed by atoms with Crippen LogP contribution in [-0.4, -0.2) is 20.9 Å². The Morgan fingerprint density at radius 3 is 2.44 bits per heavy atom. The first-order valence-corrected chi connectivity index (χ1v) is 13.6. The molecule has 0 radical (unpaired) electrons. The molecular formula is C31H26F3N5OS. The quantitative estimate of drug-likeness (QED) is 0.203. The maximum atomic E-state index is 13.2. The van der Waals surface area contributed by atoms with Gasteiger partial charge >= 0.3 is 6.18 Å². The molecule has 0 saturated heterocycles. The van der Waals surface area contributed by atoms with Gasteiger partial charge in [0.25, 0.3) is 5.91 Å². The van der Waals surface area contributed by atoms with Crippen LogP contribution in [-0.2, 0) is 6.18 Å². The van der Waals surface area contributed by atoms with E-state index >= 15 is 0 Å². The van der Waals surface area contributed by atoms with Gasteiger partial charge in [-0.1, -0.05) is 49.4 Å². The summed E-state index contributed by atoms with van der Waals surface area (Å²) >= 11 is 1.52. The lowest BCUT2D eigenvalue weighted by atomic mass is 10.1. The predicted octanol–water partition coefficient (Wildman–Crippen LogP) is 8.62. The summed E-state index contributed by atoms with van der Waals surface area (Å²) in [6.07, 6.45) is -3.11. The molecule has 10 heteroatoms. The molecule has 0 unspecified atom stereocenters. The van der Waals surface area contributed by atoms with E-state index in [1.807, 2.05) is 49.4 Å². The number of nitrogens with one attached hydrogen (secondary N) is 2. The van der Waals surface area contributed by atoms with Gasteiger partial charge in [0.1, 0.15) is 12.1 Å². The van der Waals surface area contributed by atoms with E-state index in [0.717, 1.165) is 38.6 Å². The Bertz CT molecular complexity index is 1720. The van der Waals surface area contributed by atoms with Crippen molar-refractivity contribution < 1.29 is 18.0 Å². The molecule has 6 nitrogen and oxygen atoms in total. The molecule has 0 bridgehead atoms. The topological polar surface area (TPSA) is 79.8 Å². The number of anilines is 3. The van der Waals surface area contributed by atoms with Gasteiger partial charge in [-0.15, -0.1) is 0 Å². The SMILES string of the molecule is Cc1ccc(Sc2ccc(NC(=O)c3cccc(C(F)(F)F)c3)cc2Nc2ncnc3nc(C(C)C)ccc23)cc1. The van der Waals surface area contributed by atoms with Gasteiger partial charge in [-0.2, -0.15) is 13.2 Å². The first-order valence-electron chi connectivity index (χ1n) is 12.8. The molecule has 0 spiro atoms. The van der Waals surface area contributed by atoms with Gasteiger partial charge in [-0.3, -0.25) is 4.79 Å². The Kier molecular flexibility index (Phi) is 7.94. The van der Waals surface area contributed by atoms with Crippen molar-refractivity contribution in [2.45, 2.75) is 42.7 Å². The molecule has 5 aromatic rings. The maximum Gasteiger partial charge on any atom is 0.416 e. The summed E-state index contributed by atoms with van der Waals surface area (Å²) in [4.78, 5) is 28.2. The fraction of sp³-hybridized carbons (Fsp3) is 0.161. The largest absolute Gasteiger partial charge is 0.416 e. The van der Waals surface area contributed by atoms with Crippen molar-refractivity contribution >= 4 is 45.9 Å². The Morgan fingerprint density at radius 2 is 1.71 bits per heavy atom. The van der Waals surface area contributed by atoms with E-state index in [4.69, 9.17) is 0 Å². The van der Waals surface area contributed by atoms with E-state index in [0.29, 0.717) is 22.8 Å². The van der Waals surface area contributed by atoms with Crippen LogP contribution < -0.4 is 10.6 Å². The van der Waals surface area contributed by atoms with Crippen LogP contribution in [0.5, 0.6) is 0 Å². The average molecular weight is 574 g/mol. The number of hydrogen-bond donors (Lipinski definition) is 2. The highest BCUT2D eigenvalue weighted by molar-refractivity contribution is 7.99. The minimum atomic E-state index is -4.55. The molecule has 0 atom stereocenters. The van der Waals surface area contributed by atoms with Gasteiger partial charge in [-0.25, -0.2) is 15.0 Å². The van der Waals surface area contributed by atoms with Crippen LogP contribution in [0, 0.1) is 6.92 Å². The van der Waals surface area contributed by atoms with Crippen molar-refractivity contribution in [1.82, 2.24) is 15.0 Å². The number of rotatable bonds is 7. The molecule has 208 valence electrons. The molecule has 41 heavy (non-hydrogen) atoms. The number of alkyl halides is 3. The molecular weight excluding hydrogens is 547 g/mol. The van der Waals surface area contributed by atoms with Crippen molar-refractivity contribution in [3.8, 4) is 0 Å². The van der Waals surface area contributed by atoms with E-state index in [1.165, 1.54) is 30.2 Å². The summed E-state index contributed by atoms with van der Waals surface area (Å²) in [7, 11) is 0. The van der Waals surface area contributed by atoms with Crippen molar-refractivity contribution in [3.63, 3.8) is 0 Å². The number of hydrogen-bond acceptors (Lipinski definition) is 6. The number of halogens is 3. The number of pyridine rings is 1. The third kappa shape index (κ3) is 6.66. The molecule has 3 aromatic carbocycles. The fourth-order valence-electron chi connectivity index (χ4n) is 4.07. The summed E-state index contributed by atoms with van der Waals surface area (Å²) in [6.45, 7) is 6.13. The predicted molar refractivity (Wildman–Crippen MR) is 156 cm³/mol. The Labute approximate surface area is 239 Å². The van der Waals surface area contributed by atoms with Crippen LogP contribution in [0.25, 0.3) is 11.0 Å². The van der Waals surface area contributed by atoms with E-state index < -0.39 is 17.6 Å². The van der Waals surface area contributed by atoms with Crippen LogP contribution in [0.3, 0.4) is 0 Å². The van der Waals surface area contributed by atoms with Gasteiger partial charge in [0.2, 0.25) is 0 Å². The lowest BCUT2D eigenvalue weighted by Crippen LogP contribution is -2.14. The molecule has 0 aliphatic rings. The van der Waals surface area contributed by atoms with Gasteiger partial charge in [-0.05, 0) is 73.5 Å². The van der Waals surface area contributed by atoms with Crippen LogP contribution in [0.1, 0.15) is 46.9 Å². The lowest BCUT2D eigenvalue weighted by molar-refractivity contribution is -0.137. The van der Waals surface area contributed by atoms with Crippen LogP contribution in [0.4, 0.5) is 30.4 Å². The van der Waals surface area contributed by atoms with E-state index in [1.54, 1.807) is 12.1 Å². The van der Waals surface area contributed by atoms with E-state index in [2.05, 4.69) is 39.4 Å². The zero-order chi connectivity index (χ0) is 29.1. The zero-order valence-corrected chi connectivity index (χ0v) is 23.3. The number of amides is 1. The van der Waals surface area contributed by atoms with E-state index in [-0.39, 0.29) is 11.5 Å². The molecule has 0 saturated carbocycles. The van der Waals surface area contributed by atoms with Crippen molar-refractivity contribution in [1.29, 1.82) is 0 Å². The lowest BCUT2D eigenvalue weighted by Gasteiger charge is -2.16. The number of carbonyl (C=O) groups is 1. The monoisotopic (exact) mass is 573 g/mol. The number of benzene rings is 3. The number of nitrogens with zero attached hydrogens (tertiary/aromatic N) is 3. The van der Waals surface area contributed by atoms with Crippen LogP contribution in [0.2, 0.25) is 0 Å².